The molecule has 2 aromatic rings. The standard InChI is InChI=1S/C12H8BrClFNO/c13-7-1-3-9(14)11(5-7)17-12-6-8(15)2-4-10(12)16/h1-6H,16H2. The zero-order valence-electron chi connectivity index (χ0n) is 8.58. The van der Waals surface area contributed by atoms with Crippen LogP contribution in [0.5, 0.6) is 11.5 Å². The molecule has 0 aromatic heterocycles. The molecule has 0 spiro atoms. The van der Waals surface area contributed by atoms with Gasteiger partial charge in [0.2, 0.25) is 0 Å². The van der Waals surface area contributed by atoms with Crippen molar-refractivity contribution in [2.24, 2.45) is 0 Å². The molecule has 0 aliphatic carbocycles. The molecule has 17 heavy (non-hydrogen) atoms. The van der Waals surface area contributed by atoms with E-state index in [0.717, 1.165) is 4.47 Å². The Kier molecular flexibility index (Phi) is 3.54. The van der Waals surface area contributed by atoms with Crippen molar-refractivity contribution in [2.75, 3.05) is 5.73 Å². The maximum atomic E-state index is 13.1. The summed E-state index contributed by atoms with van der Waals surface area (Å²) in [6, 6.07) is 9.07. The summed E-state index contributed by atoms with van der Waals surface area (Å²) in [4.78, 5) is 0. The van der Waals surface area contributed by atoms with Gasteiger partial charge in [-0.1, -0.05) is 27.5 Å². The first-order chi connectivity index (χ1) is 8.06. The Hall–Kier alpha value is -1.26. The van der Waals surface area contributed by atoms with E-state index < -0.39 is 5.82 Å². The normalized spacial score (nSPS) is 10.3. The number of benzene rings is 2. The lowest BCUT2D eigenvalue weighted by atomic mass is 10.3. The minimum absolute atomic E-state index is 0.241. The largest absolute Gasteiger partial charge is 0.453 e. The summed E-state index contributed by atoms with van der Waals surface area (Å²) < 4.78 is 19.3. The van der Waals surface area contributed by atoms with E-state index in [1.165, 1.54) is 18.2 Å². The van der Waals surface area contributed by atoms with Crippen LogP contribution in [0, 0.1) is 5.82 Å². The molecule has 0 aliphatic heterocycles. The molecule has 0 fully saturated rings. The minimum Gasteiger partial charge on any atom is -0.453 e. The Bertz CT molecular complexity index is 513. The number of hydrogen-bond donors (Lipinski definition) is 1. The molecule has 2 N–H and O–H groups in total. The highest BCUT2D eigenvalue weighted by molar-refractivity contribution is 9.10. The van der Waals surface area contributed by atoms with Gasteiger partial charge in [0.05, 0.1) is 10.7 Å². The van der Waals surface area contributed by atoms with Gasteiger partial charge in [-0.25, -0.2) is 4.39 Å². The summed E-state index contributed by atoms with van der Waals surface area (Å²) in [7, 11) is 0. The van der Waals surface area contributed by atoms with Crippen molar-refractivity contribution in [3.8, 4) is 11.5 Å². The lowest BCUT2D eigenvalue weighted by Gasteiger charge is -2.10. The average Bonchev–Trinajstić information content (AvgIpc) is 2.28. The van der Waals surface area contributed by atoms with Crippen LogP contribution in [-0.2, 0) is 0 Å². The number of nitrogens with two attached hydrogens (primary N) is 1. The molecule has 0 saturated carbocycles. The van der Waals surface area contributed by atoms with Gasteiger partial charge in [-0.15, -0.1) is 0 Å². The van der Waals surface area contributed by atoms with Crippen molar-refractivity contribution in [3.05, 3.63) is 51.7 Å². The van der Waals surface area contributed by atoms with E-state index in [0.29, 0.717) is 16.5 Å². The summed E-state index contributed by atoms with van der Waals surface area (Å²) in [5.41, 5.74) is 6.03. The molecule has 0 amide bonds. The van der Waals surface area contributed by atoms with Crippen molar-refractivity contribution in [3.63, 3.8) is 0 Å². The first-order valence-electron chi connectivity index (χ1n) is 4.74. The maximum Gasteiger partial charge on any atom is 0.153 e. The maximum absolute atomic E-state index is 13.1. The van der Waals surface area contributed by atoms with Crippen LogP contribution in [0.15, 0.2) is 40.9 Å². The predicted molar refractivity (Wildman–Crippen MR) is 70.0 cm³/mol. The van der Waals surface area contributed by atoms with Crippen LogP contribution < -0.4 is 10.5 Å². The van der Waals surface area contributed by atoms with E-state index in [1.54, 1.807) is 18.2 Å². The monoisotopic (exact) mass is 315 g/mol. The van der Waals surface area contributed by atoms with Gasteiger partial charge in [0, 0.05) is 10.5 Å². The molecule has 0 saturated heterocycles. The zero-order chi connectivity index (χ0) is 12.4. The molecule has 2 aromatic carbocycles. The predicted octanol–water partition coefficient (Wildman–Crippen LogP) is 4.62. The van der Waals surface area contributed by atoms with Crippen LogP contribution in [0.2, 0.25) is 5.02 Å². The van der Waals surface area contributed by atoms with Crippen molar-refractivity contribution in [1.82, 2.24) is 0 Å². The molecule has 88 valence electrons. The number of nitrogen functional groups attached to an aromatic ring is 1. The molecule has 2 nitrogen and oxygen atoms in total. The van der Waals surface area contributed by atoms with E-state index >= 15 is 0 Å². The Morgan fingerprint density at radius 3 is 2.65 bits per heavy atom. The summed E-state index contributed by atoms with van der Waals surface area (Å²) in [5, 5.41) is 0.428. The van der Waals surface area contributed by atoms with Gasteiger partial charge in [-0.3, -0.25) is 0 Å². The number of halogens is 3. The van der Waals surface area contributed by atoms with E-state index in [9.17, 15) is 4.39 Å². The van der Waals surface area contributed by atoms with E-state index in [1.807, 2.05) is 0 Å². The average molecular weight is 317 g/mol. The van der Waals surface area contributed by atoms with Crippen LogP contribution in [0.1, 0.15) is 0 Å². The Morgan fingerprint density at radius 2 is 1.88 bits per heavy atom. The molecule has 0 heterocycles. The molecular weight excluding hydrogens is 308 g/mol. The third-order valence-corrected chi connectivity index (χ3v) is 2.89. The summed E-state index contributed by atoms with van der Waals surface area (Å²) in [6.45, 7) is 0. The molecule has 2 rings (SSSR count). The van der Waals surface area contributed by atoms with Gasteiger partial charge in [0.25, 0.3) is 0 Å². The van der Waals surface area contributed by atoms with Crippen LogP contribution in [-0.4, -0.2) is 0 Å². The summed E-state index contributed by atoms with van der Waals surface area (Å²) >= 11 is 9.26. The van der Waals surface area contributed by atoms with E-state index in [2.05, 4.69) is 15.9 Å². The second kappa shape index (κ2) is 4.94. The smallest absolute Gasteiger partial charge is 0.153 e. The first kappa shape index (κ1) is 12.2. The second-order valence-electron chi connectivity index (χ2n) is 3.36. The van der Waals surface area contributed by atoms with Gasteiger partial charge in [-0.2, -0.15) is 0 Å². The molecule has 0 bridgehead atoms. The van der Waals surface area contributed by atoms with Crippen molar-refractivity contribution in [2.45, 2.75) is 0 Å². The Morgan fingerprint density at radius 1 is 1.12 bits per heavy atom. The van der Waals surface area contributed by atoms with Crippen LogP contribution >= 0.6 is 27.5 Å². The second-order valence-corrected chi connectivity index (χ2v) is 4.68. The fourth-order valence-electron chi connectivity index (χ4n) is 1.27. The van der Waals surface area contributed by atoms with Gasteiger partial charge in [0.15, 0.2) is 5.75 Å². The lowest BCUT2D eigenvalue weighted by Crippen LogP contribution is -1.93. The molecule has 0 aliphatic rings. The first-order valence-corrected chi connectivity index (χ1v) is 5.91. The van der Waals surface area contributed by atoms with E-state index in [-0.39, 0.29) is 5.75 Å². The molecule has 0 radical (unpaired) electrons. The van der Waals surface area contributed by atoms with Crippen molar-refractivity contribution >= 4 is 33.2 Å². The number of rotatable bonds is 2. The van der Waals surface area contributed by atoms with Crippen LogP contribution in [0.4, 0.5) is 10.1 Å². The Labute approximate surface area is 111 Å². The van der Waals surface area contributed by atoms with E-state index in [4.69, 9.17) is 22.1 Å². The minimum atomic E-state index is -0.416. The van der Waals surface area contributed by atoms with Gasteiger partial charge < -0.3 is 10.5 Å². The quantitative estimate of drug-likeness (QED) is 0.821. The summed E-state index contributed by atoms with van der Waals surface area (Å²) in [5.74, 6) is 0.240. The van der Waals surface area contributed by atoms with Gasteiger partial charge >= 0.3 is 0 Å². The number of anilines is 1. The highest BCUT2D eigenvalue weighted by Crippen LogP contribution is 2.34. The molecule has 0 atom stereocenters. The summed E-state index contributed by atoms with van der Waals surface area (Å²) in [6.07, 6.45) is 0. The van der Waals surface area contributed by atoms with Crippen LogP contribution in [0.3, 0.4) is 0 Å². The van der Waals surface area contributed by atoms with Gasteiger partial charge in [0.1, 0.15) is 11.6 Å². The highest BCUT2D eigenvalue weighted by atomic mass is 79.9. The molecule has 5 heteroatoms. The third kappa shape index (κ3) is 2.90. The van der Waals surface area contributed by atoms with Crippen LogP contribution in [0.25, 0.3) is 0 Å². The number of hydrogen-bond acceptors (Lipinski definition) is 2. The Balaban J connectivity index is 2.37. The fraction of sp³-hybridized carbons (Fsp3) is 0. The van der Waals surface area contributed by atoms with Crippen molar-refractivity contribution in [1.29, 1.82) is 0 Å². The third-order valence-electron chi connectivity index (χ3n) is 2.09. The fourth-order valence-corrected chi connectivity index (χ4v) is 1.77. The number of ether oxygens (including phenoxy) is 1. The van der Waals surface area contributed by atoms with Gasteiger partial charge in [-0.05, 0) is 30.3 Å². The topological polar surface area (TPSA) is 35.2 Å². The highest BCUT2D eigenvalue weighted by Gasteiger charge is 2.07. The lowest BCUT2D eigenvalue weighted by molar-refractivity contribution is 0.479. The SMILES string of the molecule is Nc1ccc(F)cc1Oc1cc(Br)ccc1Cl. The van der Waals surface area contributed by atoms with Crippen molar-refractivity contribution < 1.29 is 9.13 Å². The molecular formula is C12H8BrClFNO. The molecule has 0 unspecified atom stereocenters. The zero-order valence-corrected chi connectivity index (χ0v) is 10.9.